The van der Waals surface area contributed by atoms with Gasteiger partial charge in [-0.25, -0.2) is 0 Å². The molecular formula is C41H47B2NO5. The van der Waals surface area contributed by atoms with E-state index in [2.05, 4.69) is 83.3 Å². The van der Waals surface area contributed by atoms with Crippen LogP contribution in [0.2, 0.25) is 0 Å². The maximum Gasteiger partial charge on any atom is 0.470 e. The fraction of sp³-hybridized carbons (Fsp3) is 0.537. The summed E-state index contributed by atoms with van der Waals surface area (Å²) in [5.74, 6) is 1.82. The van der Waals surface area contributed by atoms with Crippen LogP contribution in [0.15, 0.2) is 72.8 Å². The molecule has 8 fully saturated rings. The molecule has 6 saturated carbocycles. The van der Waals surface area contributed by atoms with Gasteiger partial charge in [0.15, 0.2) is 0 Å². The van der Waals surface area contributed by atoms with Gasteiger partial charge in [-0.3, -0.25) is 4.79 Å². The number of fused-ring (bicyclic) bond motifs is 2. The van der Waals surface area contributed by atoms with E-state index in [-0.39, 0.29) is 51.8 Å². The summed E-state index contributed by atoms with van der Waals surface area (Å²) >= 11 is 0. The minimum absolute atomic E-state index is 0.0617. The third-order valence-corrected chi connectivity index (χ3v) is 15.2. The van der Waals surface area contributed by atoms with Crippen molar-refractivity contribution in [2.24, 2.45) is 34.5 Å². The molecule has 1 amide bonds. The second kappa shape index (κ2) is 10.1. The highest BCUT2D eigenvalue weighted by molar-refractivity contribution is 6.51. The molecule has 49 heavy (non-hydrogen) atoms. The number of anilines is 1. The maximum atomic E-state index is 13.8. The van der Waals surface area contributed by atoms with E-state index in [0.717, 1.165) is 29.7 Å². The van der Waals surface area contributed by atoms with Crippen molar-refractivity contribution in [3.63, 3.8) is 0 Å². The highest BCUT2D eigenvalue weighted by Gasteiger charge is 2.71. The van der Waals surface area contributed by atoms with Crippen LogP contribution in [0.5, 0.6) is 0 Å². The van der Waals surface area contributed by atoms with Crippen molar-refractivity contribution < 1.29 is 23.4 Å². The molecule has 3 aromatic rings. The molecule has 252 valence electrons. The van der Waals surface area contributed by atoms with Gasteiger partial charge >= 0.3 is 14.2 Å². The summed E-state index contributed by atoms with van der Waals surface area (Å²) in [4.78, 5) is 13.8. The highest BCUT2D eigenvalue weighted by Crippen LogP contribution is 2.68. The van der Waals surface area contributed by atoms with Crippen LogP contribution >= 0.6 is 0 Å². The molecule has 9 aliphatic rings. The van der Waals surface area contributed by atoms with E-state index in [9.17, 15) is 4.79 Å². The first-order valence-corrected chi connectivity index (χ1v) is 18.6. The summed E-state index contributed by atoms with van der Waals surface area (Å²) < 4.78 is 28.4. The van der Waals surface area contributed by atoms with Gasteiger partial charge in [0.1, 0.15) is 0 Å². The lowest BCUT2D eigenvalue weighted by Gasteiger charge is -2.64. The zero-order valence-corrected chi connectivity index (χ0v) is 29.6. The zero-order chi connectivity index (χ0) is 33.7. The first-order chi connectivity index (χ1) is 23.4. The van der Waals surface area contributed by atoms with E-state index in [1.165, 1.54) is 24.0 Å². The van der Waals surface area contributed by atoms with Crippen LogP contribution in [-0.4, -0.2) is 43.6 Å². The molecule has 2 aliphatic heterocycles. The molecule has 7 aliphatic carbocycles. The summed E-state index contributed by atoms with van der Waals surface area (Å²) in [5, 5.41) is 3.11. The number of rotatable bonds is 4. The molecule has 8 heteroatoms. The van der Waals surface area contributed by atoms with Crippen LogP contribution in [-0.2, 0) is 18.6 Å². The Morgan fingerprint density at radius 3 is 1.65 bits per heavy atom. The first kappa shape index (κ1) is 30.9. The van der Waals surface area contributed by atoms with Crippen molar-refractivity contribution in [3.05, 3.63) is 101 Å². The predicted octanol–water partition coefficient (Wildman–Crippen LogP) is 8.05. The summed E-state index contributed by atoms with van der Waals surface area (Å²) in [5.41, 5.74) is 5.83. The molecule has 0 aromatic heterocycles. The van der Waals surface area contributed by atoms with Crippen molar-refractivity contribution in [1.29, 1.82) is 0 Å². The third kappa shape index (κ3) is 4.09. The highest BCUT2D eigenvalue weighted by atomic mass is 16.7. The van der Waals surface area contributed by atoms with Gasteiger partial charge in [-0.05, 0) is 121 Å². The van der Waals surface area contributed by atoms with Gasteiger partial charge in [-0.15, -0.1) is 0 Å². The maximum absolute atomic E-state index is 13.8. The average molecular weight is 655 g/mol. The van der Waals surface area contributed by atoms with E-state index in [4.69, 9.17) is 18.6 Å². The lowest BCUT2D eigenvalue weighted by atomic mass is 9.43. The number of benzene rings is 3. The topological polar surface area (TPSA) is 66.0 Å². The van der Waals surface area contributed by atoms with Crippen LogP contribution in [0.3, 0.4) is 0 Å². The fourth-order valence-corrected chi connectivity index (χ4v) is 12.1. The number of hydrogen-bond acceptors (Lipinski definition) is 5. The molecule has 0 spiro atoms. The van der Waals surface area contributed by atoms with E-state index < -0.39 is 14.2 Å². The number of carbonyl (C=O) groups is 1. The molecule has 6 nitrogen and oxygen atoms in total. The molecule has 2 saturated heterocycles. The third-order valence-electron chi connectivity index (χ3n) is 15.2. The molecule has 1 N–H and O–H groups in total. The number of hydrogen-bond donors (Lipinski definition) is 1. The van der Waals surface area contributed by atoms with Gasteiger partial charge in [0, 0.05) is 22.9 Å². The molecule has 10 atom stereocenters. The van der Waals surface area contributed by atoms with E-state index >= 15 is 0 Å². The monoisotopic (exact) mass is 655 g/mol. The largest absolute Gasteiger partial charge is 0.470 e. The first-order valence-electron chi connectivity index (χ1n) is 18.6. The molecular weight excluding hydrogens is 608 g/mol. The number of nitrogens with one attached hydrogen (secondary N) is 1. The summed E-state index contributed by atoms with van der Waals surface area (Å²) in [6.45, 7) is 14.2. The second-order valence-electron chi connectivity index (χ2n) is 17.9. The van der Waals surface area contributed by atoms with Gasteiger partial charge in [-0.1, -0.05) is 76.2 Å². The van der Waals surface area contributed by atoms with Gasteiger partial charge in [-0.2, -0.15) is 0 Å². The number of amides is 1. The SMILES string of the molecule is CC1(C)[C@@H]2CC3OB(C4c5ccccc5C(B5OC6C[C@@H]7C[C@@H](C7(C)C)[C@]6(C)O5)c5cc(C(=O)Nc6ccccc6)ccc54)O[C@@]3(C)[C@H]1C2. The Kier molecular flexibility index (Phi) is 6.38. The molecule has 3 aromatic carbocycles. The minimum atomic E-state index is -0.461. The van der Waals surface area contributed by atoms with Crippen LogP contribution in [0.25, 0.3) is 0 Å². The van der Waals surface area contributed by atoms with Crippen molar-refractivity contribution in [2.75, 3.05) is 5.32 Å². The minimum Gasteiger partial charge on any atom is -0.405 e. The molecule has 2 heterocycles. The van der Waals surface area contributed by atoms with Gasteiger partial charge in [0.05, 0.1) is 23.4 Å². The summed E-state index contributed by atoms with van der Waals surface area (Å²) in [7, 11) is -0.884. The standard InChI is InChI=1S/C41H47B2NO5/c1-38(2)24-19-31(38)40(5)33(21-24)46-42(48-40)35-27-14-10-11-15-28(27)36(43-47-34-22-25-20-32(39(25,3)4)41(34,6)49-43)30-18-23(16-17-29(30)35)37(45)44-26-12-8-7-9-13-26/h7-18,24-25,31-36H,19-22H2,1-6H3,(H,44,45)/t24-,25-,31-,32-,33?,34?,35?,36?,40-,41-/m0/s1. The van der Waals surface area contributed by atoms with Crippen LogP contribution in [0, 0.1) is 34.5 Å². The normalized spacial score (nSPS) is 39.9. The number of para-hydroxylation sites is 1. The van der Waals surface area contributed by atoms with Crippen LogP contribution in [0.4, 0.5) is 5.69 Å². The second-order valence-corrected chi connectivity index (χ2v) is 17.9. The van der Waals surface area contributed by atoms with E-state index in [1.54, 1.807) is 0 Å². The smallest absolute Gasteiger partial charge is 0.405 e. The predicted molar refractivity (Wildman–Crippen MR) is 191 cm³/mol. The van der Waals surface area contributed by atoms with Gasteiger partial charge in [0.25, 0.3) is 5.91 Å². The lowest BCUT2D eigenvalue weighted by molar-refractivity contribution is -0.199. The molecule has 4 bridgehead atoms. The summed E-state index contributed by atoms with van der Waals surface area (Å²) in [6.07, 6.45) is 4.63. The van der Waals surface area contributed by atoms with Crippen molar-refractivity contribution in [2.45, 2.75) is 102 Å². The summed E-state index contributed by atoms with van der Waals surface area (Å²) in [6, 6.07) is 24.6. The van der Waals surface area contributed by atoms with Crippen LogP contribution in [0.1, 0.15) is 111 Å². The fourth-order valence-electron chi connectivity index (χ4n) is 12.1. The Morgan fingerprint density at radius 1 is 0.633 bits per heavy atom. The van der Waals surface area contributed by atoms with E-state index in [1.807, 2.05) is 36.4 Å². The van der Waals surface area contributed by atoms with Gasteiger partial charge in [0.2, 0.25) is 0 Å². The Hall–Kier alpha value is -2.90. The van der Waals surface area contributed by atoms with E-state index in [0.29, 0.717) is 29.2 Å². The lowest BCUT2D eigenvalue weighted by Crippen LogP contribution is -2.65. The van der Waals surface area contributed by atoms with Crippen molar-refractivity contribution >= 4 is 25.8 Å². The molecule has 0 radical (unpaired) electrons. The van der Waals surface area contributed by atoms with Crippen molar-refractivity contribution in [1.82, 2.24) is 0 Å². The quantitative estimate of drug-likeness (QED) is 0.288. The zero-order valence-electron chi connectivity index (χ0n) is 29.6. The number of carbonyl (C=O) groups excluding carboxylic acids is 1. The van der Waals surface area contributed by atoms with Gasteiger partial charge < -0.3 is 23.9 Å². The average Bonchev–Trinajstić information content (AvgIpc) is 3.63. The molecule has 12 rings (SSSR count). The molecule has 4 unspecified atom stereocenters. The van der Waals surface area contributed by atoms with Crippen molar-refractivity contribution in [3.8, 4) is 0 Å². The Labute approximate surface area is 291 Å². The Morgan fingerprint density at radius 2 is 1.12 bits per heavy atom. The Bertz CT molecular complexity index is 1870. The van der Waals surface area contributed by atoms with Crippen LogP contribution < -0.4 is 5.32 Å². The Balaban J connectivity index is 1.07.